The first-order valence-electron chi connectivity index (χ1n) is 8.72. The van der Waals surface area contributed by atoms with Crippen LogP contribution in [0.1, 0.15) is 37.0 Å². The van der Waals surface area contributed by atoms with Gasteiger partial charge in [-0.15, -0.1) is 0 Å². The molecule has 1 heterocycles. The third-order valence-corrected chi connectivity index (χ3v) is 4.58. The lowest BCUT2D eigenvalue weighted by atomic mass is 10.0. The summed E-state index contributed by atoms with van der Waals surface area (Å²) >= 11 is 0. The van der Waals surface area contributed by atoms with E-state index in [2.05, 4.69) is 5.32 Å². The summed E-state index contributed by atoms with van der Waals surface area (Å²) in [6.45, 7) is 4.21. The summed E-state index contributed by atoms with van der Waals surface area (Å²) in [5, 5.41) is 2.80. The molecule has 7 nitrogen and oxygen atoms in total. The van der Waals surface area contributed by atoms with Crippen LogP contribution in [-0.2, 0) is 14.3 Å². The summed E-state index contributed by atoms with van der Waals surface area (Å²) in [7, 11) is 2.87. The number of nitrogens with one attached hydrogen (secondary N) is 1. The zero-order valence-corrected chi connectivity index (χ0v) is 15.7. The fraction of sp³-hybridized carbons (Fsp3) is 0.526. The van der Waals surface area contributed by atoms with E-state index in [0.717, 1.165) is 6.42 Å². The van der Waals surface area contributed by atoms with Gasteiger partial charge in [-0.25, -0.2) is 4.79 Å². The lowest BCUT2D eigenvalue weighted by Gasteiger charge is -2.29. The van der Waals surface area contributed by atoms with Gasteiger partial charge in [-0.2, -0.15) is 0 Å². The van der Waals surface area contributed by atoms with Crippen molar-refractivity contribution in [3.05, 3.63) is 29.8 Å². The molecule has 0 aromatic heterocycles. The number of amides is 2. The number of likely N-dealkylation sites (tertiary alicyclic amines) is 1. The van der Waals surface area contributed by atoms with Crippen LogP contribution in [-0.4, -0.2) is 55.5 Å². The molecule has 1 aromatic carbocycles. The van der Waals surface area contributed by atoms with Crippen molar-refractivity contribution in [3.8, 4) is 5.75 Å². The number of benzene rings is 1. The van der Waals surface area contributed by atoms with Crippen LogP contribution < -0.4 is 10.1 Å². The fourth-order valence-corrected chi connectivity index (χ4v) is 3.07. The number of rotatable bonds is 6. The summed E-state index contributed by atoms with van der Waals surface area (Å²) in [5.74, 6) is -0.484. The highest BCUT2D eigenvalue weighted by Crippen LogP contribution is 2.21. The molecule has 142 valence electrons. The number of methoxy groups -OCH3 is 2. The van der Waals surface area contributed by atoms with Gasteiger partial charge in [0, 0.05) is 12.1 Å². The number of hydrogen-bond acceptors (Lipinski definition) is 5. The fourth-order valence-electron chi connectivity index (χ4n) is 3.07. The van der Waals surface area contributed by atoms with Gasteiger partial charge in [0.2, 0.25) is 5.91 Å². The van der Waals surface area contributed by atoms with E-state index < -0.39 is 18.1 Å². The Balaban J connectivity index is 2.13. The Bertz CT molecular complexity index is 656. The molecule has 0 spiro atoms. The molecule has 0 aliphatic carbocycles. The normalized spacial score (nSPS) is 17.7. The molecule has 1 saturated heterocycles. The van der Waals surface area contributed by atoms with Crippen LogP contribution in [0.2, 0.25) is 0 Å². The zero-order valence-electron chi connectivity index (χ0n) is 15.7. The predicted molar refractivity (Wildman–Crippen MR) is 95.8 cm³/mol. The third-order valence-electron chi connectivity index (χ3n) is 4.58. The Morgan fingerprint density at radius 2 is 1.81 bits per heavy atom. The number of nitrogens with zero attached hydrogens (tertiary/aromatic N) is 1. The summed E-state index contributed by atoms with van der Waals surface area (Å²) < 4.78 is 9.88. The van der Waals surface area contributed by atoms with Gasteiger partial charge >= 0.3 is 5.97 Å². The van der Waals surface area contributed by atoms with Crippen LogP contribution in [0.4, 0.5) is 0 Å². The molecule has 7 heteroatoms. The average molecular weight is 362 g/mol. The summed E-state index contributed by atoms with van der Waals surface area (Å²) in [6, 6.07) is 5.37. The summed E-state index contributed by atoms with van der Waals surface area (Å²) in [4.78, 5) is 38.9. The van der Waals surface area contributed by atoms with Crippen molar-refractivity contribution in [2.24, 2.45) is 5.92 Å². The van der Waals surface area contributed by atoms with Gasteiger partial charge in [0.05, 0.1) is 14.2 Å². The topological polar surface area (TPSA) is 84.9 Å². The van der Waals surface area contributed by atoms with Crippen LogP contribution in [0.5, 0.6) is 5.75 Å². The molecule has 26 heavy (non-hydrogen) atoms. The van der Waals surface area contributed by atoms with E-state index in [9.17, 15) is 14.4 Å². The number of hydrogen-bond donors (Lipinski definition) is 1. The van der Waals surface area contributed by atoms with Gasteiger partial charge in [-0.3, -0.25) is 9.59 Å². The lowest BCUT2D eigenvalue weighted by molar-refractivity contribution is -0.151. The average Bonchev–Trinajstić information content (AvgIpc) is 3.14. The number of carbonyl (C=O) groups excluding carboxylic acids is 3. The SMILES string of the molecule is COC(=O)C1CCCN1C(=O)C(NC(=O)c1ccc(OC)cc1)C(C)C. The maximum absolute atomic E-state index is 13.0. The van der Waals surface area contributed by atoms with E-state index in [1.807, 2.05) is 13.8 Å². The minimum absolute atomic E-state index is 0.122. The third kappa shape index (κ3) is 4.33. The Hall–Kier alpha value is -2.57. The number of ether oxygens (including phenoxy) is 2. The van der Waals surface area contributed by atoms with E-state index in [1.54, 1.807) is 31.4 Å². The standard InChI is InChI=1S/C19H26N2O5/c1-12(2)16(18(23)21-11-5-6-15(21)19(24)26-4)20-17(22)13-7-9-14(25-3)10-8-13/h7-10,12,15-16H,5-6,11H2,1-4H3,(H,20,22). The highest BCUT2D eigenvalue weighted by atomic mass is 16.5. The summed E-state index contributed by atoms with van der Waals surface area (Å²) in [5.41, 5.74) is 0.440. The maximum Gasteiger partial charge on any atom is 0.328 e. The largest absolute Gasteiger partial charge is 0.497 e. The van der Waals surface area contributed by atoms with Crippen LogP contribution >= 0.6 is 0 Å². The highest BCUT2D eigenvalue weighted by molar-refractivity contribution is 5.98. The van der Waals surface area contributed by atoms with Crippen LogP contribution in [0.3, 0.4) is 0 Å². The molecule has 0 radical (unpaired) electrons. The van der Waals surface area contributed by atoms with E-state index in [-0.39, 0.29) is 17.7 Å². The molecule has 2 rings (SSSR count). The molecule has 1 N–H and O–H groups in total. The number of esters is 1. The van der Waals surface area contributed by atoms with Gasteiger partial charge in [-0.1, -0.05) is 13.8 Å². The smallest absolute Gasteiger partial charge is 0.328 e. The Morgan fingerprint density at radius 1 is 1.15 bits per heavy atom. The van der Waals surface area contributed by atoms with Crippen LogP contribution in [0.15, 0.2) is 24.3 Å². The van der Waals surface area contributed by atoms with Crippen molar-refractivity contribution in [1.82, 2.24) is 10.2 Å². The Morgan fingerprint density at radius 3 is 2.35 bits per heavy atom. The highest BCUT2D eigenvalue weighted by Gasteiger charge is 2.39. The van der Waals surface area contributed by atoms with Crippen molar-refractivity contribution in [2.75, 3.05) is 20.8 Å². The second-order valence-electron chi connectivity index (χ2n) is 6.64. The predicted octanol–water partition coefficient (Wildman–Crippen LogP) is 1.61. The van der Waals surface area contributed by atoms with Crippen LogP contribution in [0.25, 0.3) is 0 Å². The van der Waals surface area contributed by atoms with Gasteiger partial charge in [0.1, 0.15) is 17.8 Å². The monoisotopic (exact) mass is 362 g/mol. The van der Waals surface area contributed by atoms with Crippen molar-refractivity contribution < 1.29 is 23.9 Å². The minimum atomic E-state index is -0.713. The molecule has 1 aliphatic rings. The van der Waals surface area contributed by atoms with Crippen molar-refractivity contribution in [3.63, 3.8) is 0 Å². The summed E-state index contributed by atoms with van der Waals surface area (Å²) in [6.07, 6.45) is 1.32. The molecule has 2 unspecified atom stereocenters. The second kappa shape index (κ2) is 8.69. The maximum atomic E-state index is 13.0. The van der Waals surface area contributed by atoms with E-state index >= 15 is 0 Å². The van der Waals surface area contributed by atoms with Crippen molar-refractivity contribution in [2.45, 2.75) is 38.8 Å². The Kier molecular flexibility index (Phi) is 6.60. The van der Waals surface area contributed by atoms with E-state index in [1.165, 1.54) is 12.0 Å². The van der Waals surface area contributed by atoms with Crippen molar-refractivity contribution >= 4 is 17.8 Å². The first-order valence-corrected chi connectivity index (χ1v) is 8.72. The van der Waals surface area contributed by atoms with Gasteiger partial charge in [0.15, 0.2) is 0 Å². The molecular weight excluding hydrogens is 336 g/mol. The van der Waals surface area contributed by atoms with E-state index in [0.29, 0.717) is 24.3 Å². The first kappa shape index (κ1) is 19.8. The molecule has 0 saturated carbocycles. The van der Waals surface area contributed by atoms with Crippen molar-refractivity contribution in [1.29, 1.82) is 0 Å². The lowest BCUT2D eigenvalue weighted by Crippen LogP contribution is -2.53. The van der Waals surface area contributed by atoms with Gasteiger partial charge in [-0.05, 0) is 43.0 Å². The van der Waals surface area contributed by atoms with E-state index in [4.69, 9.17) is 9.47 Å². The molecule has 0 bridgehead atoms. The molecule has 2 atom stereocenters. The second-order valence-corrected chi connectivity index (χ2v) is 6.64. The first-order chi connectivity index (χ1) is 12.4. The molecular formula is C19H26N2O5. The number of carbonyl (C=O) groups is 3. The minimum Gasteiger partial charge on any atom is -0.497 e. The molecule has 1 fully saturated rings. The molecule has 1 aliphatic heterocycles. The molecule has 1 aromatic rings. The van der Waals surface area contributed by atoms with Crippen LogP contribution in [0, 0.1) is 5.92 Å². The molecule has 2 amide bonds. The van der Waals surface area contributed by atoms with Gasteiger partial charge < -0.3 is 19.7 Å². The van der Waals surface area contributed by atoms with Gasteiger partial charge in [0.25, 0.3) is 5.91 Å². The Labute approximate surface area is 153 Å². The zero-order chi connectivity index (χ0) is 19.3. The quantitative estimate of drug-likeness (QED) is 0.777.